The first-order valence-electron chi connectivity index (χ1n) is 6.26. The fourth-order valence-corrected chi connectivity index (χ4v) is 5.22. The predicted octanol–water partition coefficient (Wildman–Crippen LogP) is 3.42. The number of hydrogen-bond donors (Lipinski definition) is 1. The summed E-state index contributed by atoms with van der Waals surface area (Å²) in [5, 5.41) is 9.50. The van der Waals surface area contributed by atoms with Crippen molar-refractivity contribution >= 4 is 23.5 Å². The maximum Gasteiger partial charge on any atom is 0.0506 e. The summed E-state index contributed by atoms with van der Waals surface area (Å²) in [5.41, 5.74) is 1.34. The average molecular weight is 268 g/mol. The minimum atomic E-state index is 0.312. The van der Waals surface area contributed by atoms with Crippen LogP contribution in [0.2, 0.25) is 0 Å². The van der Waals surface area contributed by atoms with Crippen molar-refractivity contribution in [3.05, 3.63) is 35.9 Å². The lowest BCUT2D eigenvalue weighted by atomic mass is 9.98. The number of thioether (sulfide) groups is 2. The fourth-order valence-electron chi connectivity index (χ4n) is 2.11. The Kier molecular flexibility index (Phi) is 5.75. The molecule has 1 nitrogen and oxygen atoms in total. The molecular weight excluding hydrogens is 248 g/mol. The van der Waals surface area contributed by atoms with Crippen LogP contribution in [0, 0.1) is 5.92 Å². The van der Waals surface area contributed by atoms with Crippen LogP contribution in [0.4, 0.5) is 0 Å². The highest BCUT2D eigenvalue weighted by atomic mass is 32.2. The third-order valence-corrected chi connectivity index (χ3v) is 6.04. The first-order chi connectivity index (χ1) is 8.38. The highest BCUT2D eigenvalue weighted by Gasteiger charge is 2.19. The van der Waals surface area contributed by atoms with Gasteiger partial charge in [0.25, 0.3) is 0 Å². The van der Waals surface area contributed by atoms with E-state index in [1.807, 2.05) is 6.07 Å². The van der Waals surface area contributed by atoms with Crippen LogP contribution < -0.4 is 0 Å². The molecule has 0 amide bonds. The lowest BCUT2D eigenvalue weighted by Gasteiger charge is -2.24. The van der Waals surface area contributed by atoms with Gasteiger partial charge in [-0.15, -0.1) is 23.5 Å². The second-order valence-electron chi connectivity index (χ2n) is 4.50. The largest absolute Gasteiger partial charge is 0.396 e. The first kappa shape index (κ1) is 13.3. The van der Waals surface area contributed by atoms with Gasteiger partial charge in [0.05, 0.1) is 4.58 Å². The van der Waals surface area contributed by atoms with Gasteiger partial charge in [-0.25, -0.2) is 0 Å². The number of benzene rings is 1. The summed E-state index contributed by atoms with van der Waals surface area (Å²) in [6, 6.07) is 10.5. The lowest BCUT2D eigenvalue weighted by Crippen LogP contribution is -2.17. The van der Waals surface area contributed by atoms with Crippen molar-refractivity contribution < 1.29 is 5.11 Å². The van der Waals surface area contributed by atoms with Crippen molar-refractivity contribution in [2.24, 2.45) is 5.92 Å². The zero-order valence-electron chi connectivity index (χ0n) is 10.0. The Labute approximate surface area is 112 Å². The summed E-state index contributed by atoms with van der Waals surface area (Å²) in [6.45, 7) is 0.312. The van der Waals surface area contributed by atoms with Crippen molar-refractivity contribution in [3.8, 4) is 0 Å². The Morgan fingerprint density at radius 3 is 2.53 bits per heavy atom. The Balaban J connectivity index is 1.83. The molecule has 2 rings (SSSR count). The molecule has 0 radical (unpaired) electrons. The Morgan fingerprint density at radius 1 is 1.18 bits per heavy atom. The molecule has 94 valence electrons. The molecule has 17 heavy (non-hydrogen) atoms. The molecule has 1 atom stereocenters. The van der Waals surface area contributed by atoms with Crippen molar-refractivity contribution in [3.63, 3.8) is 0 Å². The van der Waals surface area contributed by atoms with Gasteiger partial charge in [0.15, 0.2) is 0 Å². The van der Waals surface area contributed by atoms with Crippen LogP contribution in [0.5, 0.6) is 0 Å². The van der Waals surface area contributed by atoms with E-state index < -0.39 is 0 Å². The van der Waals surface area contributed by atoms with Crippen molar-refractivity contribution in [1.82, 2.24) is 0 Å². The molecule has 0 aliphatic carbocycles. The third-order valence-electron chi connectivity index (χ3n) is 3.05. The summed E-state index contributed by atoms with van der Waals surface area (Å²) < 4.78 is 0.699. The van der Waals surface area contributed by atoms with E-state index in [1.54, 1.807) is 0 Å². The molecule has 1 aliphatic heterocycles. The SMILES string of the molecule is OC[C@@H](Cc1ccccc1)CC1SCCCS1. The van der Waals surface area contributed by atoms with Crippen LogP contribution in [0.3, 0.4) is 0 Å². The molecule has 1 heterocycles. The molecule has 1 saturated heterocycles. The minimum Gasteiger partial charge on any atom is -0.396 e. The normalized spacial score (nSPS) is 19.1. The summed E-state index contributed by atoms with van der Waals surface area (Å²) in [4.78, 5) is 0. The molecule has 0 saturated carbocycles. The van der Waals surface area contributed by atoms with Gasteiger partial charge in [-0.05, 0) is 42.2 Å². The van der Waals surface area contributed by atoms with Crippen LogP contribution in [-0.4, -0.2) is 27.8 Å². The summed E-state index contributed by atoms with van der Waals surface area (Å²) in [6.07, 6.45) is 3.49. The van der Waals surface area contributed by atoms with Crippen LogP contribution in [-0.2, 0) is 6.42 Å². The Morgan fingerprint density at radius 2 is 1.88 bits per heavy atom. The van der Waals surface area contributed by atoms with Crippen molar-refractivity contribution in [2.75, 3.05) is 18.1 Å². The summed E-state index contributed by atoms with van der Waals surface area (Å²) in [5.74, 6) is 3.00. The van der Waals surface area contributed by atoms with Gasteiger partial charge >= 0.3 is 0 Å². The van der Waals surface area contributed by atoms with Crippen LogP contribution in [0.25, 0.3) is 0 Å². The van der Waals surface area contributed by atoms with E-state index in [4.69, 9.17) is 0 Å². The molecule has 0 spiro atoms. The van der Waals surface area contributed by atoms with Crippen molar-refractivity contribution in [2.45, 2.75) is 23.8 Å². The van der Waals surface area contributed by atoms with Gasteiger partial charge in [-0.1, -0.05) is 30.3 Å². The zero-order chi connectivity index (χ0) is 11.9. The van der Waals surface area contributed by atoms with Crippen LogP contribution in [0.1, 0.15) is 18.4 Å². The van der Waals surface area contributed by atoms with Crippen LogP contribution >= 0.6 is 23.5 Å². The topological polar surface area (TPSA) is 20.2 Å². The highest BCUT2D eigenvalue weighted by Crippen LogP contribution is 2.35. The zero-order valence-corrected chi connectivity index (χ0v) is 11.7. The van der Waals surface area contributed by atoms with E-state index in [0.29, 0.717) is 17.1 Å². The van der Waals surface area contributed by atoms with Crippen molar-refractivity contribution in [1.29, 1.82) is 0 Å². The van der Waals surface area contributed by atoms with Gasteiger partial charge in [-0.2, -0.15) is 0 Å². The summed E-state index contributed by atoms with van der Waals surface area (Å²) >= 11 is 4.14. The molecule has 1 fully saturated rings. The minimum absolute atomic E-state index is 0.312. The molecule has 1 aromatic carbocycles. The van der Waals surface area contributed by atoms with E-state index in [2.05, 4.69) is 47.8 Å². The van der Waals surface area contributed by atoms with E-state index in [1.165, 1.54) is 23.5 Å². The molecule has 1 aliphatic rings. The number of aliphatic hydroxyl groups is 1. The second kappa shape index (κ2) is 7.34. The fraction of sp³-hybridized carbons (Fsp3) is 0.571. The molecule has 1 aromatic rings. The van der Waals surface area contributed by atoms with Gasteiger partial charge in [0.2, 0.25) is 0 Å². The second-order valence-corrected chi connectivity index (χ2v) is 7.42. The highest BCUT2D eigenvalue weighted by molar-refractivity contribution is 8.17. The van der Waals surface area contributed by atoms with E-state index >= 15 is 0 Å². The predicted molar refractivity (Wildman–Crippen MR) is 78.7 cm³/mol. The maximum absolute atomic E-state index is 9.50. The Bertz CT molecular complexity index is 309. The van der Waals surface area contributed by atoms with Crippen LogP contribution in [0.15, 0.2) is 30.3 Å². The smallest absolute Gasteiger partial charge is 0.0506 e. The molecule has 0 bridgehead atoms. The molecule has 1 N–H and O–H groups in total. The number of rotatable bonds is 5. The first-order valence-corrected chi connectivity index (χ1v) is 8.36. The van der Waals surface area contributed by atoms with Gasteiger partial charge in [0, 0.05) is 6.61 Å². The Hall–Kier alpha value is -0.120. The van der Waals surface area contributed by atoms with Gasteiger partial charge in [-0.3, -0.25) is 0 Å². The van der Waals surface area contributed by atoms with Gasteiger partial charge in [0.1, 0.15) is 0 Å². The maximum atomic E-state index is 9.50. The van der Waals surface area contributed by atoms with Gasteiger partial charge < -0.3 is 5.11 Å². The average Bonchev–Trinajstić information content (AvgIpc) is 2.40. The standard InChI is InChI=1S/C14H20OS2/c15-11-13(9-12-5-2-1-3-6-12)10-14-16-7-4-8-17-14/h1-3,5-6,13-15H,4,7-11H2/t13-/m0/s1. The monoisotopic (exact) mass is 268 g/mol. The van der Waals surface area contributed by atoms with E-state index in [9.17, 15) is 5.11 Å². The lowest BCUT2D eigenvalue weighted by molar-refractivity contribution is 0.221. The third kappa shape index (κ3) is 4.57. The molecule has 0 aromatic heterocycles. The quantitative estimate of drug-likeness (QED) is 0.883. The molecular formula is C14H20OS2. The number of aliphatic hydroxyl groups excluding tert-OH is 1. The molecule has 0 unspecified atom stereocenters. The molecule has 3 heteroatoms. The summed E-state index contributed by atoms with van der Waals surface area (Å²) in [7, 11) is 0. The van der Waals surface area contributed by atoms with E-state index in [0.717, 1.165) is 12.8 Å². The number of hydrogen-bond acceptors (Lipinski definition) is 3. The van der Waals surface area contributed by atoms with E-state index in [-0.39, 0.29) is 0 Å².